The minimum absolute atomic E-state index is 0.0727. The van der Waals surface area contributed by atoms with Crippen LogP contribution in [0.5, 0.6) is 0 Å². The van der Waals surface area contributed by atoms with Gasteiger partial charge in [-0.1, -0.05) is 0 Å². The normalized spacial score (nSPS) is 12.1. The summed E-state index contributed by atoms with van der Waals surface area (Å²) in [6, 6.07) is 1.41. The maximum absolute atomic E-state index is 12.2. The summed E-state index contributed by atoms with van der Waals surface area (Å²) in [6.07, 6.45) is 2.48. The number of aryl methyl sites for hydroxylation is 1. The summed E-state index contributed by atoms with van der Waals surface area (Å²) in [5.41, 5.74) is -0.383. The number of nitrogens with one attached hydrogen (secondary N) is 1. The van der Waals surface area contributed by atoms with E-state index in [9.17, 15) is 17.6 Å². The Balaban J connectivity index is 2.76. The van der Waals surface area contributed by atoms with Crippen molar-refractivity contribution in [3.8, 4) is 0 Å². The molecule has 2 rings (SSSR count). The highest BCUT2D eigenvalue weighted by Crippen LogP contribution is 2.23. The smallest absolute Gasteiger partial charge is 0.274 e. The van der Waals surface area contributed by atoms with Crippen LogP contribution in [0.1, 0.15) is 0 Å². The molecule has 2 aromatic heterocycles. The lowest BCUT2D eigenvalue weighted by Gasteiger charge is -2.01. The monoisotopic (exact) mass is 278 g/mol. The lowest BCUT2D eigenvalue weighted by Crippen LogP contribution is -2.20. The van der Waals surface area contributed by atoms with Crippen molar-refractivity contribution in [1.29, 1.82) is 0 Å². The number of aromatic amines is 1. The van der Waals surface area contributed by atoms with Crippen LogP contribution in [0.25, 0.3) is 10.9 Å². The highest BCUT2D eigenvalue weighted by molar-refractivity contribution is 8.14. The van der Waals surface area contributed by atoms with Gasteiger partial charge in [0.25, 0.3) is 14.6 Å². The largest absolute Gasteiger partial charge is 0.355 e. The molecule has 2 aromatic rings. The molecule has 0 atom stereocenters. The van der Waals surface area contributed by atoms with Crippen molar-refractivity contribution in [3.63, 3.8) is 0 Å². The summed E-state index contributed by atoms with van der Waals surface area (Å²) in [5, 5.41) is 0.208. The topological polar surface area (TPSA) is 71.9 Å². The first-order valence-corrected chi connectivity index (χ1v) is 6.97. The van der Waals surface area contributed by atoms with E-state index >= 15 is 0 Å². The van der Waals surface area contributed by atoms with Gasteiger partial charge in [-0.2, -0.15) is 0 Å². The van der Waals surface area contributed by atoms with E-state index in [0.29, 0.717) is 0 Å². The van der Waals surface area contributed by atoms with Crippen LogP contribution < -0.4 is 5.56 Å². The van der Waals surface area contributed by atoms with E-state index in [4.69, 9.17) is 10.7 Å². The number of pyridine rings is 1. The van der Waals surface area contributed by atoms with Crippen molar-refractivity contribution in [2.75, 3.05) is 6.67 Å². The van der Waals surface area contributed by atoms with Gasteiger partial charge < -0.3 is 9.55 Å². The van der Waals surface area contributed by atoms with Gasteiger partial charge in [0.15, 0.2) is 0 Å². The Morgan fingerprint density at radius 3 is 2.76 bits per heavy atom. The predicted octanol–water partition coefficient (Wildman–Crippen LogP) is 1.23. The van der Waals surface area contributed by atoms with Crippen molar-refractivity contribution in [3.05, 3.63) is 28.8 Å². The van der Waals surface area contributed by atoms with Crippen molar-refractivity contribution in [2.24, 2.45) is 0 Å². The molecule has 0 fully saturated rings. The molecule has 0 saturated carbocycles. The van der Waals surface area contributed by atoms with E-state index in [1.54, 1.807) is 0 Å². The van der Waals surface area contributed by atoms with Gasteiger partial charge >= 0.3 is 0 Å². The third-order valence-electron chi connectivity index (χ3n) is 2.37. The molecule has 0 radical (unpaired) electrons. The van der Waals surface area contributed by atoms with Crippen LogP contribution in [0.3, 0.4) is 0 Å². The summed E-state index contributed by atoms with van der Waals surface area (Å²) in [6.45, 7) is -0.746. The molecule has 0 aliphatic heterocycles. The molecule has 5 nitrogen and oxygen atoms in total. The average Bonchev–Trinajstić information content (AvgIpc) is 2.66. The molecule has 8 heteroatoms. The summed E-state index contributed by atoms with van der Waals surface area (Å²) in [7, 11) is 1.31. The van der Waals surface area contributed by atoms with E-state index in [0.717, 1.165) is 10.8 Å². The Kier molecular flexibility index (Phi) is 2.96. The molecule has 0 bridgehead atoms. The number of aromatic nitrogens is 2. The molecule has 92 valence electrons. The fourth-order valence-corrected chi connectivity index (χ4v) is 2.62. The average molecular weight is 279 g/mol. The Morgan fingerprint density at radius 2 is 2.18 bits per heavy atom. The quantitative estimate of drug-likeness (QED) is 0.858. The molecule has 1 N–H and O–H groups in total. The number of alkyl halides is 1. The molecule has 0 spiro atoms. The zero-order valence-electron chi connectivity index (χ0n) is 8.48. The van der Waals surface area contributed by atoms with Gasteiger partial charge in [0.05, 0.1) is 6.54 Å². The maximum atomic E-state index is 12.2. The lowest BCUT2D eigenvalue weighted by molar-refractivity contribution is 0.441. The summed E-state index contributed by atoms with van der Waals surface area (Å²) >= 11 is 0. The number of hydrogen-bond acceptors (Lipinski definition) is 3. The van der Waals surface area contributed by atoms with Crippen LogP contribution in [0.2, 0.25) is 0 Å². The SMILES string of the molecule is O=c1c2[nH]cc(S(=O)(=O)Cl)c2ccn1CCF. The molecule has 0 aliphatic rings. The fraction of sp³-hybridized carbons (Fsp3) is 0.222. The second-order valence-electron chi connectivity index (χ2n) is 3.38. The van der Waals surface area contributed by atoms with Crippen LogP contribution in [0.4, 0.5) is 4.39 Å². The van der Waals surface area contributed by atoms with Gasteiger partial charge in [0.1, 0.15) is 17.1 Å². The summed E-state index contributed by atoms with van der Waals surface area (Å²) in [5.74, 6) is 0. The number of hydrogen-bond donors (Lipinski definition) is 1. The standard InChI is InChI=1S/C9H8ClFN2O3S/c10-17(15,16)7-5-12-8-6(7)1-3-13(4-2-11)9(8)14/h1,3,5,12H,2,4H2. The Morgan fingerprint density at radius 1 is 1.47 bits per heavy atom. The Labute approximate surface area is 100 Å². The third-order valence-corrected chi connectivity index (χ3v) is 3.73. The van der Waals surface area contributed by atoms with Gasteiger partial charge in [-0.05, 0) is 6.07 Å². The number of rotatable bonds is 3. The van der Waals surface area contributed by atoms with Crippen molar-refractivity contribution in [1.82, 2.24) is 9.55 Å². The van der Waals surface area contributed by atoms with Crippen LogP contribution in [0.15, 0.2) is 28.2 Å². The van der Waals surface area contributed by atoms with E-state index in [2.05, 4.69) is 4.98 Å². The van der Waals surface area contributed by atoms with Crippen LogP contribution >= 0.6 is 10.7 Å². The van der Waals surface area contributed by atoms with Crippen molar-refractivity contribution in [2.45, 2.75) is 11.4 Å². The van der Waals surface area contributed by atoms with E-state index < -0.39 is 21.3 Å². The third kappa shape index (κ3) is 2.07. The highest BCUT2D eigenvalue weighted by atomic mass is 35.7. The highest BCUT2D eigenvalue weighted by Gasteiger charge is 2.17. The van der Waals surface area contributed by atoms with Crippen LogP contribution in [0, 0.1) is 0 Å². The van der Waals surface area contributed by atoms with E-state index in [1.807, 2.05) is 0 Å². The second kappa shape index (κ2) is 4.15. The Hall–Kier alpha value is -1.34. The van der Waals surface area contributed by atoms with E-state index in [1.165, 1.54) is 12.3 Å². The molecule has 0 amide bonds. The maximum Gasteiger partial charge on any atom is 0.274 e. The first-order valence-electron chi connectivity index (χ1n) is 4.66. The molecule has 0 unspecified atom stereocenters. The number of nitrogens with zero attached hydrogens (tertiary/aromatic N) is 1. The molecule has 2 heterocycles. The summed E-state index contributed by atoms with van der Waals surface area (Å²) in [4.78, 5) is 14.2. The molecular weight excluding hydrogens is 271 g/mol. The zero-order valence-corrected chi connectivity index (χ0v) is 10.1. The van der Waals surface area contributed by atoms with Gasteiger partial charge in [-0.3, -0.25) is 4.79 Å². The number of fused-ring (bicyclic) bond motifs is 1. The van der Waals surface area contributed by atoms with Crippen molar-refractivity contribution < 1.29 is 12.8 Å². The Bertz CT molecular complexity index is 719. The van der Waals surface area contributed by atoms with Gasteiger partial charge in [-0.25, -0.2) is 12.8 Å². The second-order valence-corrected chi connectivity index (χ2v) is 5.92. The van der Waals surface area contributed by atoms with Gasteiger partial charge in [-0.15, -0.1) is 0 Å². The van der Waals surface area contributed by atoms with Gasteiger partial charge in [0, 0.05) is 28.5 Å². The number of H-pyrrole nitrogens is 1. The van der Waals surface area contributed by atoms with E-state index in [-0.39, 0.29) is 22.3 Å². The minimum Gasteiger partial charge on any atom is -0.355 e. The first kappa shape index (κ1) is 12.1. The molecule has 0 aromatic carbocycles. The predicted molar refractivity (Wildman–Crippen MR) is 61.6 cm³/mol. The first-order chi connectivity index (χ1) is 7.95. The lowest BCUT2D eigenvalue weighted by atomic mass is 10.3. The fourth-order valence-electron chi connectivity index (χ4n) is 1.60. The molecule has 0 aliphatic carbocycles. The minimum atomic E-state index is -3.91. The molecule has 0 saturated heterocycles. The van der Waals surface area contributed by atoms with Gasteiger partial charge in [0.2, 0.25) is 0 Å². The molecular formula is C9H8ClFN2O3S. The van der Waals surface area contributed by atoms with Crippen LogP contribution in [-0.4, -0.2) is 24.6 Å². The van der Waals surface area contributed by atoms with Crippen molar-refractivity contribution >= 4 is 30.6 Å². The summed E-state index contributed by atoms with van der Waals surface area (Å²) < 4.78 is 35.7. The van der Waals surface area contributed by atoms with Crippen LogP contribution in [-0.2, 0) is 15.6 Å². The number of halogens is 2. The zero-order chi connectivity index (χ0) is 12.6. The molecule has 17 heavy (non-hydrogen) atoms.